The first-order chi connectivity index (χ1) is 10.0. The fourth-order valence-electron chi connectivity index (χ4n) is 1.69. The molecule has 1 aromatic carbocycles. The van der Waals surface area contributed by atoms with Crippen LogP contribution in [0.2, 0.25) is 0 Å². The van der Waals surface area contributed by atoms with Crippen LogP contribution in [0.5, 0.6) is 5.75 Å². The van der Waals surface area contributed by atoms with Crippen LogP contribution >= 0.6 is 11.3 Å². The summed E-state index contributed by atoms with van der Waals surface area (Å²) in [6.07, 6.45) is 0. The van der Waals surface area contributed by atoms with Crippen molar-refractivity contribution in [3.05, 3.63) is 45.9 Å². The van der Waals surface area contributed by atoms with Crippen molar-refractivity contribution in [2.45, 2.75) is 13.0 Å². The van der Waals surface area contributed by atoms with E-state index in [0.29, 0.717) is 16.3 Å². The van der Waals surface area contributed by atoms with Crippen molar-refractivity contribution in [1.82, 2.24) is 10.3 Å². The maximum absolute atomic E-state index is 12.1. The number of aromatic carboxylic acids is 1. The van der Waals surface area contributed by atoms with Gasteiger partial charge in [0, 0.05) is 10.9 Å². The molecule has 0 spiro atoms. The molecule has 6 nitrogen and oxygen atoms in total. The second-order valence-corrected chi connectivity index (χ2v) is 5.19. The number of carboxylic acid groups (broad SMARTS) is 1. The van der Waals surface area contributed by atoms with Crippen molar-refractivity contribution >= 4 is 23.2 Å². The fraction of sp³-hybridized carbons (Fsp3) is 0.214. The summed E-state index contributed by atoms with van der Waals surface area (Å²) in [5.74, 6) is -0.755. The van der Waals surface area contributed by atoms with Crippen molar-refractivity contribution < 1.29 is 19.4 Å². The van der Waals surface area contributed by atoms with E-state index in [1.807, 2.05) is 0 Å². The second-order valence-electron chi connectivity index (χ2n) is 4.30. The van der Waals surface area contributed by atoms with Crippen molar-refractivity contribution in [3.63, 3.8) is 0 Å². The number of amides is 1. The lowest BCUT2D eigenvalue weighted by molar-refractivity contribution is 0.0691. The summed E-state index contributed by atoms with van der Waals surface area (Å²) in [5, 5.41) is 13.6. The zero-order valence-corrected chi connectivity index (χ0v) is 12.3. The van der Waals surface area contributed by atoms with E-state index in [-0.39, 0.29) is 17.6 Å². The molecule has 1 unspecified atom stereocenters. The van der Waals surface area contributed by atoms with E-state index in [0.717, 1.165) is 0 Å². The molecule has 2 aromatic rings. The molecule has 0 radical (unpaired) electrons. The predicted molar refractivity (Wildman–Crippen MR) is 77.9 cm³/mol. The number of hydrogen-bond donors (Lipinski definition) is 2. The monoisotopic (exact) mass is 306 g/mol. The Bertz CT molecular complexity index is 668. The van der Waals surface area contributed by atoms with Crippen LogP contribution in [0.4, 0.5) is 0 Å². The zero-order chi connectivity index (χ0) is 15.4. The van der Waals surface area contributed by atoms with Gasteiger partial charge in [0.25, 0.3) is 5.91 Å². The Hall–Kier alpha value is -2.41. The molecule has 0 bridgehead atoms. The van der Waals surface area contributed by atoms with Crippen molar-refractivity contribution in [2.75, 3.05) is 7.11 Å². The van der Waals surface area contributed by atoms with Gasteiger partial charge in [-0.25, -0.2) is 9.78 Å². The van der Waals surface area contributed by atoms with E-state index in [1.54, 1.807) is 31.2 Å². The number of rotatable bonds is 5. The molecule has 0 aliphatic rings. The third-order valence-electron chi connectivity index (χ3n) is 2.79. The number of methoxy groups -OCH3 is 1. The van der Waals surface area contributed by atoms with Gasteiger partial charge >= 0.3 is 5.97 Å². The van der Waals surface area contributed by atoms with E-state index in [1.165, 1.54) is 23.8 Å². The van der Waals surface area contributed by atoms with E-state index in [9.17, 15) is 9.59 Å². The van der Waals surface area contributed by atoms with Crippen LogP contribution in [0.15, 0.2) is 29.6 Å². The number of benzene rings is 1. The highest BCUT2D eigenvalue weighted by molar-refractivity contribution is 7.09. The maximum Gasteiger partial charge on any atom is 0.355 e. The minimum absolute atomic E-state index is 0.0162. The Morgan fingerprint density at radius 1 is 1.43 bits per heavy atom. The molecule has 2 N–H and O–H groups in total. The Labute approximate surface area is 125 Å². The molecule has 0 aliphatic carbocycles. The molecule has 2 rings (SSSR count). The average molecular weight is 306 g/mol. The van der Waals surface area contributed by atoms with Crippen molar-refractivity contribution in [2.24, 2.45) is 0 Å². The topological polar surface area (TPSA) is 88.5 Å². The van der Waals surface area contributed by atoms with Crippen LogP contribution in [-0.4, -0.2) is 29.1 Å². The molecule has 0 fully saturated rings. The highest BCUT2D eigenvalue weighted by Gasteiger charge is 2.17. The van der Waals surface area contributed by atoms with Crippen LogP contribution in [0.1, 0.15) is 38.8 Å². The number of aromatic nitrogens is 1. The first-order valence-corrected chi connectivity index (χ1v) is 7.03. The molecule has 7 heteroatoms. The van der Waals surface area contributed by atoms with Crippen LogP contribution in [0.3, 0.4) is 0 Å². The number of carbonyl (C=O) groups excluding carboxylic acids is 1. The third kappa shape index (κ3) is 3.57. The van der Waals surface area contributed by atoms with Gasteiger partial charge in [-0.3, -0.25) is 4.79 Å². The van der Waals surface area contributed by atoms with Crippen LogP contribution in [0.25, 0.3) is 0 Å². The lowest BCUT2D eigenvalue weighted by Gasteiger charge is -2.11. The largest absolute Gasteiger partial charge is 0.497 e. The van der Waals surface area contributed by atoms with Crippen LogP contribution in [0, 0.1) is 0 Å². The van der Waals surface area contributed by atoms with Gasteiger partial charge in [0.05, 0.1) is 13.2 Å². The van der Waals surface area contributed by atoms with Gasteiger partial charge in [-0.2, -0.15) is 0 Å². The highest BCUT2D eigenvalue weighted by atomic mass is 32.1. The molecular weight excluding hydrogens is 292 g/mol. The van der Waals surface area contributed by atoms with E-state index < -0.39 is 5.97 Å². The van der Waals surface area contributed by atoms with Gasteiger partial charge in [-0.1, -0.05) is 6.07 Å². The molecule has 21 heavy (non-hydrogen) atoms. The first kappa shape index (κ1) is 15.0. The summed E-state index contributed by atoms with van der Waals surface area (Å²) < 4.78 is 5.07. The number of carboxylic acids is 1. The summed E-state index contributed by atoms with van der Waals surface area (Å²) in [5.41, 5.74) is 0.452. The second kappa shape index (κ2) is 6.36. The quantitative estimate of drug-likeness (QED) is 0.885. The lowest BCUT2D eigenvalue weighted by atomic mass is 10.2. The van der Waals surface area contributed by atoms with Gasteiger partial charge < -0.3 is 15.2 Å². The van der Waals surface area contributed by atoms with Gasteiger partial charge in [-0.05, 0) is 25.1 Å². The van der Waals surface area contributed by atoms with Crippen molar-refractivity contribution in [1.29, 1.82) is 0 Å². The molecular formula is C14H14N2O4S. The Balaban J connectivity index is 2.08. The molecule has 0 aliphatic heterocycles. The summed E-state index contributed by atoms with van der Waals surface area (Å²) in [4.78, 5) is 26.9. The average Bonchev–Trinajstić information content (AvgIpc) is 2.97. The Kier molecular flexibility index (Phi) is 4.54. The lowest BCUT2D eigenvalue weighted by Crippen LogP contribution is -2.26. The molecule has 110 valence electrons. The minimum atomic E-state index is -1.08. The molecule has 0 saturated carbocycles. The van der Waals surface area contributed by atoms with E-state index >= 15 is 0 Å². The summed E-state index contributed by atoms with van der Waals surface area (Å²) in [6.45, 7) is 1.75. The predicted octanol–water partition coefficient (Wildman–Crippen LogP) is 2.34. The smallest absolute Gasteiger partial charge is 0.355 e. The van der Waals surface area contributed by atoms with Crippen LogP contribution < -0.4 is 10.1 Å². The molecule has 1 atom stereocenters. The number of ether oxygens (including phenoxy) is 1. The maximum atomic E-state index is 12.1. The number of thiazole rings is 1. The SMILES string of the molecule is COc1cccc(C(=O)NC(C)c2nc(C(=O)O)cs2)c1. The number of nitrogens with zero attached hydrogens (tertiary/aromatic N) is 1. The van der Waals surface area contributed by atoms with Gasteiger partial charge in [0.2, 0.25) is 0 Å². The molecule has 0 saturated heterocycles. The normalized spacial score (nSPS) is 11.7. The van der Waals surface area contributed by atoms with Crippen LogP contribution in [-0.2, 0) is 0 Å². The highest BCUT2D eigenvalue weighted by Crippen LogP contribution is 2.19. The van der Waals surface area contributed by atoms with Crippen molar-refractivity contribution in [3.8, 4) is 5.75 Å². The molecule has 1 heterocycles. The van der Waals surface area contributed by atoms with Gasteiger partial charge in [-0.15, -0.1) is 11.3 Å². The fourth-order valence-corrected chi connectivity index (χ4v) is 2.49. The standard InChI is InChI=1S/C14H14N2O4S/c1-8(13-16-11(7-21-13)14(18)19)15-12(17)9-4-3-5-10(6-9)20-2/h3-8H,1-2H3,(H,15,17)(H,18,19). The minimum Gasteiger partial charge on any atom is -0.497 e. The van der Waals surface area contributed by atoms with E-state index in [2.05, 4.69) is 10.3 Å². The third-order valence-corrected chi connectivity index (χ3v) is 3.82. The summed E-state index contributed by atoms with van der Waals surface area (Å²) in [6, 6.07) is 6.41. The molecule has 1 aromatic heterocycles. The number of hydrogen-bond acceptors (Lipinski definition) is 5. The molecule has 1 amide bonds. The van der Waals surface area contributed by atoms with Gasteiger partial charge in [0.15, 0.2) is 5.69 Å². The zero-order valence-electron chi connectivity index (χ0n) is 11.5. The number of carbonyl (C=O) groups is 2. The Morgan fingerprint density at radius 2 is 2.19 bits per heavy atom. The van der Waals surface area contributed by atoms with Gasteiger partial charge in [0.1, 0.15) is 10.8 Å². The number of nitrogens with one attached hydrogen (secondary N) is 1. The Morgan fingerprint density at radius 3 is 2.81 bits per heavy atom. The summed E-state index contributed by atoms with van der Waals surface area (Å²) >= 11 is 1.20. The van der Waals surface area contributed by atoms with E-state index in [4.69, 9.17) is 9.84 Å². The first-order valence-electron chi connectivity index (χ1n) is 6.15. The summed E-state index contributed by atoms with van der Waals surface area (Å²) in [7, 11) is 1.53.